The number of nitrogens with zero attached hydrogens (tertiary/aromatic N) is 1. The zero-order valence-electron chi connectivity index (χ0n) is 21.3. The average molecular weight is 441 g/mol. The normalized spacial score (nSPS) is 29.9. The van der Waals surface area contributed by atoms with Crippen molar-refractivity contribution >= 4 is 0 Å². The Morgan fingerprint density at radius 1 is 1.06 bits per heavy atom. The Kier molecular flexibility index (Phi) is 8.21. The van der Waals surface area contributed by atoms with Gasteiger partial charge in [-0.2, -0.15) is 0 Å². The lowest BCUT2D eigenvalue weighted by Crippen LogP contribution is -2.55. The van der Waals surface area contributed by atoms with E-state index >= 15 is 0 Å². The van der Waals surface area contributed by atoms with Gasteiger partial charge in [-0.05, 0) is 113 Å². The molecular formula is C29H48N2O. The highest BCUT2D eigenvalue weighted by atomic mass is 16.5. The molecule has 0 aromatic heterocycles. The van der Waals surface area contributed by atoms with Crippen LogP contribution in [-0.4, -0.2) is 44.2 Å². The minimum Gasteiger partial charge on any atom is -0.497 e. The van der Waals surface area contributed by atoms with E-state index in [0.29, 0.717) is 12.0 Å². The maximum atomic E-state index is 5.71. The molecule has 0 radical (unpaired) electrons. The summed E-state index contributed by atoms with van der Waals surface area (Å²) in [7, 11) is 1.81. The third-order valence-electron chi connectivity index (χ3n) is 9.35. The van der Waals surface area contributed by atoms with Gasteiger partial charge in [0, 0.05) is 18.0 Å². The molecule has 3 unspecified atom stereocenters. The maximum Gasteiger partial charge on any atom is 0.119 e. The van der Waals surface area contributed by atoms with Gasteiger partial charge in [-0.15, -0.1) is 0 Å². The van der Waals surface area contributed by atoms with Crippen LogP contribution in [0.2, 0.25) is 0 Å². The number of hydrogen-bond acceptors (Lipinski definition) is 3. The smallest absolute Gasteiger partial charge is 0.119 e. The van der Waals surface area contributed by atoms with Crippen molar-refractivity contribution in [1.29, 1.82) is 0 Å². The van der Waals surface area contributed by atoms with Crippen LogP contribution in [0.25, 0.3) is 0 Å². The van der Waals surface area contributed by atoms with Crippen LogP contribution < -0.4 is 10.1 Å². The minimum atomic E-state index is 0.235. The molecule has 32 heavy (non-hydrogen) atoms. The molecule has 0 bridgehead atoms. The van der Waals surface area contributed by atoms with Crippen molar-refractivity contribution in [2.24, 2.45) is 17.8 Å². The van der Waals surface area contributed by atoms with Gasteiger partial charge in [0.1, 0.15) is 5.75 Å². The van der Waals surface area contributed by atoms with Gasteiger partial charge in [0.15, 0.2) is 0 Å². The van der Waals surface area contributed by atoms with Crippen molar-refractivity contribution in [3.05, 3.63) is 29.3 Å². The first-order valence-electron chi connectivity index (χ1n) is 13.7. The van der Waals surface area contributed by atoms with Crippen molar-refractivity contribution in [2.75, 3.05) is 33.3 Å². The number of rotatable bonds is 10. The van der Waals surface area contributed by atoms with Gasteiger partial charge in [-0.25, -0.2) is 0 Å². The number of methoxy groups -OCH3 is 1. The average Bonchev–Trinajstić information content (AvgIpc) is 3.65. The maximum absolute atomic E-state index is 5.71. The molecule has 3 aliphatic rings. The molecule has 0 spiro atoms. The van der Waals surface area contributed by atoms with E-state index in [0.717, 1.165) is 30.6 Å². The number of piperidine rings is 1. The zero-order valence-corrected chi connectivity index (χ0v) is 21.3. The quantitative estimate of drug-likeness (QED) is 0.439. The summed E-state index contributed by atoms with van der Waals surface area (Å²) >= 11 is 0. The van der Waals surface area contributed by atoms with Crippen molar-refractivity contribution < 1.29 is 4.74 Å². The van der Waals surface area contributed by atoms with Gasteiger partial charge in [-0.3, -0.25) is 0 Å². The van der Waals surface area contributed by atoms with E-state index in [1.54, 1.807) is 5.56 Å². The third-order valence-corrected chi connectivity index (χ3v) is 9.35. The molecule has 180 valence electrons. The second kappa shape index (κ2) is 10.9. The molecule has 3 fully saturated rings. The zero-order chi connectivity index (χ0) is 22.6. The topological polar surface area (TPSA) is 24.5 Å². The van der Waals surface area contributed by atoms with Crippen LogP contribution in [0.4, 0.5) is 0 Å². The number of benzene rings is 1. The summed E-state index contributed by atoms with van der Waals surface area (Å²) in [5, 5.41) is 3.91. The number of hydrogen-bond donors (Lipinski definition) is 1. The van der Waals surface area contributed by atoms with Crippen LogP contribution in [0, 0.1) is 17.8 Å². The first kappa shape index (κ1) is 24.1. The van der Waals surface area contributed by atoms with Crippen molar-refractivity contribution in [1.82, 2.24) is 10.2 Å². The van der Waals surface area contributed by atoms with Gasteiger partial charge in [-0.1, -0.05) is 39.2 Å². The van der Waals surface area contributed by atoms with Crippen molar-refractivity contribution in [2.45, 2.75) is 96.4 Å². The third kappa shape index (κ3) is 5.36. The molecule has 3 heteroatoms. The molecular weight excluding hydrogens is 392 g/mol. The van der Waals surface area contributed by atoms with Crippen molar-refractivity contribution in [3.63, 3.8) is 0 Å². The summed E-state index contributed by atoms with van der Waals surface area (Å²) in [6, 6.07) is 7.52. The first-order chi connectivity index (χ1) is 15.6. The predicted molar refractivity (Wildman–Crippen MR) is 136 cm³/mol. The Balaban J connectivity index is 1.53. The van der Waals surface area contributed by atoms with Gasteiger partial charge in [0.25, 0.3) is 0 Å². The molecule has 4 rings (SSSR count). The van der Waals surface area contributed by atoms with E-state index in [9.17, 15) is 0 Å². The fourth-order valence-corrected chi connectivity index (χ4v) is 6.77. The summed E-state index contributed by atoms with van der Waals surface area (Å²) in [4.78, 5) is 2.81. The molecule has 1 aliphatic heterocycles. The fraction of sp³-hybridized carbons (Fsp3) is 0.793. The van der Waals surface area contributed by atoms with Crippen molar-refractivity contribution in [3.8, 4) is 5.75 Å². The van der Waals surface area contributed by atoms with Crippen LogP contribution in [0.5, 0.6) is 5.75 Å². The van der Waals surface area contributed by atoms with E-state index in [4.69, 9.17) is 4.74 Å². The van der Waals surface area contributed by atoms with Crippen LogP contribution in [0.3, 0.4) is 0 Å². The van der Waals surface area contributed by atoms with Crippen LogP contribution >= 0.6 is 0 Å². The number of ether oxygens (including phenoxy) is 1. The Bertz CT molecular complexity index is 724. The lowest BCUT2D eigenvalue weighted by atomic mass is 9.61. The highest BCUT2D eigenvalue weighted by molar-refractivity contribution is 5.42. The summed E-state index contributed by atoms with van der Waals surface area (Å²) < 4.78 is 5.71. The number of nitrogens with one attached hydrogen (secondary N) is 1. The molecule has 1 aromatic carbocycles. The predicted octanol–water partition coefficient (Wildman–Crippen LogP) is 6.20. The molecule has 2 saturated carbocycles. The Labute approximate surface area is 197 Å². The van der Waals surface area contributed by atoms with Crippen LogP contribution in [0.15, 0.2) is 18.2 Å². The molecule has 1 heterocycles. The van der Waals surface area contributed by atoms with E-state index in [-0.39, 0.29) is 5.41 Å². The second-order valence-electron chi connectivity index (χ2n) is 11.2. The minimum absolute atomic E-state index is 0.235. The SMILES string of the molecule is CCc1ccc(OC)cc1C1(CCNCC2CCCCC2)CCN(CC2CC2)C(C)C1C. The standard InChI is InChI=1S/C29H48N2O/c1-5-26-13-14-27(32-4)19-28(26)29(15-17-30-20-24-9-7-6-8-10-24)16-18-31(21-25-11-12-25)23(3)22(29)2/h13-14,19,22-25,30H,5-12,15-18,20-21H2,1-4H3. The summed E-state index contributed by atoms with van der Waals surface area (Å²) in [6.45, 7) is 12.3. The lowest BCUT2D eigenvalue weighted by molar-refractivity contribution is 0.0361. The lowest BCUT2D eigenvalue weighted by Gasteiger charge is -2.52. The summed E-state index contributed by atoms with van der Waals surface area (Å²) in [6.07, 6.45) is 13.7. The largest absolute Gasteiger partial charge is 0.497 e. The van der Waals surface area contributed by atoms with Gasteiger partial charge >= 0.3 is 0 Å². The molecule has 0 amide bonds. The summed E-state index contributed by atoms with van der Waals surface area (Å²) in [5.41, 5.74) is 3.33. The van der Waals surface area contributed by atoms with Crippen LogP contribution in [0.1, 0.15) is 89.7 Å². The second-order valence-corrected chi connectivity index (χ2v) is 11.2. The summed E-state index contributed by atoms with van der Waals surface area (Å²) in [5.74, 6) is 3.53. The number of likely N-dealkylation sites (tertiary alicyclic amines) is 1. The monoisotopic (exact) mass is 440 g/mol. The Morgan fingerprint density at radius 2 is 1.84 bits per heavy atom. The van der Waals surface area contributed by atoms with Crippen LogP contribution in [-0.2, 0) is 11.8 Å². The van der Waals surface area contributed by atoms with E-state index in [2.05, 4.69) is 49.2 Å². The Morgan fingerprint density at radius 3 is 2.53 bits per heavy atom. The molecule has 2 aliphatic carbocycles. The van der Waals surface area contributed by atoms with E-state index < -0.39 is 0 Å². The highest BCUT2D eigenvalue weighted by Crippen LogP contribution is 2.48. The van der Waals surface area contributed by atoms with Gasteiger partial charge < -0.3 is 15.0 Å². The number of aryl methyl sites for hydroxylation is 1. The fourth-order valence-electron chi connectivity index (χ4n) is 6.77. The highest BCUT2D eigenvalue weighted by Gasteiger charge is 2.46. The molecule has 1 aromatic rings. The van der Waals surface area contributed by atoms with Gasteiger partial charge in [0.2, 0.25) is 0 Å². The first-order valence-corrected chi connectivity index (χ1v) is 13.7. The molecule has 1 saturated heterocycles. The van der Waals surface area contributed by atoms with E-state index in [1.165, 1.54) is 83.0 Å². The molecule has 1 N–H and O–H groups in total. The van der Waals surface area contributed by atoms with E-state index in [1.807, 2.05) is 7.11 Å². The molecule has 3 atom stereocenters. The van der Waals surface area contributed by atoms with Gasteiger partial charge in [0.05, 0.1) is 7.11 Å². The Hall–Kier alpha value is -1.06. The molecule has 3 nitrogen and oxygen atoms in total.